The number of carbonyl (C=O) groups excluding carboxylic acids is 2. The number of hydrogen-bond donors (Lipinski definition) is 2. The topological polar surface area (TPSA) is 91.2 Å². The zero-order valence-electron chi connectivity index (χ0n) is 10.8. The van der Waals surface area contributed by atoms with Crippen LogP contribution in [0, 0.1) is 11.3 Å². The van der Waals surface area contributed by atoms with Crippen molar-refractivity contribution in [1.29, 1.82) is 5.26 Å². The molecule has 0 heterocycles. The largest absolute Gasteiger partial charge is 0.497 e. The second-order valence-electron chi connectivity index (χ2n) is 3.70. The smallest absolute Gasteiger partial charge is 0.238 e. The number of carbonyl (C=O) groups is 2. The van der Waals surface area contributed by atoms with E-state index in [0.717, 1.165) is 0 Å². The summed E-state index contributed by atoms with van der Waals surface area (Å²) >= 11 is 0. The van der Waals surface area contributed by atoms with Gasteiger partial charge in [-0.1, -0.05) is 6.92 Å². The van der Waals surface area contributed by atoms with Gasteiger partial charge in [0.15, 0.2) is 0 Å². The van der Waals surface area contributed by atoms with Crippen molar-refractivity contribution in [3.8, 4) is 11.8 Å². The van der Waals surface area contributed by atoms with Crippen LogP contribution in [0.4, 0.5) is 11.4 Å². The quantitative estimate of drug-likeness (QED) is 0.846. The Bertz CT molecular complexity index is 520. The standard InChI is InChI=1S/C13H15N3O3/c1-3-12(17)15-10-5-4-9(19-2)8-11(10)16-13(18)6-7-14/h4-5,8H,3,6H2,1-2H3,(H,15,17)(H,16,18). The summed E-state index contributed by atoms with van der Waals surface area (Å²) in [5, 5.41) is 13.7. The molecular weight excluding hydrogens is 246 g/mol. The van der Waals surface area contributed by atoms with Gasteiger partial charge >= 0.3 is 0 Å². The molecule has 1 aromatic rings. The van der Waals surface area contributed by atoms with Crippen LogP contribution in [0.1, 0.15) is 19.8 Å². The summed E-state index contributed by atoms with van der Waals surface area (Å²) in [5.41, 5.74) is 0.875. The molecule has 1 rings (SSSR count). The SMILES string of the molecule is CCC(=O)Nc1ccc(OC)cc1NC(=O)CC#N. The number of rotatable bonds is 5. The Balaban J connectivity index is 2.99. The molecule has 0 aliphatic carbocycles. The Kier molecular flexibility index (Phi) is 5.35. The fourth-order valence-corrected chi connectivity index (χ4v) is 1.37. The molecule has 0 radical (unpaired) electrons. The van der Waals surface area contributed by atoms with Crippen LogP contribution in [0.5, 0.6) is 5.75 Å². The van der Waals surface area contributed by atoms with Gasteiger partial charge in [-0.3, -0.25) is 9.59 Å². The van der Waals surface area contributed by atoms with E-state index in [1.165, 1.54) is 7.11 Å². The minimum absolute atomic E-state index is 0.166. The molecule has 2 N–H and O–H groups in total. The molecule has 0 saturated carbocycles. The maximum Gasteiger partial charge on any atom is 0.238 e. The number of nitriles is 1. The highest BCUT2D eigenvalue weighted by Gasteiger charge is 2.10. The van der Waals surface area contributed by atoms with Crippen LogP contribution in [-0.2, 0) is 9.59 Å². The average Bonchev–Trinajstić information content (AvgIpc) is 2.40. The van der Waals surface area contributed by atoms with Crippen LogP contribution in [0.15, 0.2) is 18.2 Å². The maximum absolute atomic E-state index is 11.4. The fraction of sp³-hybridized carbons (Fsp3) is 0.308. The molecule has 1 aromatic carbocycles. The molecule has 0 aliphatic heterocycles. The number of amides is 2. The van der Waals surface area contributed by atoms with Gasteiger partial charge in [0.1, 0.15) is 12.2 Å². The Hall–Kier alpha value is -2.55. The highest BCUT2D eigenvalue weighted by Crippen LogP contribution is 2.27. The Morgan fingerprint density at radius 1 is 1.26 bits per heavy atom. The van der Waals surface area contributed by atoms with E-state index in [-0.39, 0.29) is 12.3 Å². The van der Waals surface area contributed by atoms with Crippen molar-refractivity contribution >= 4 is 23.2 Å². The lowest BCUT2D eigenvalue weighted by Crippen LogP contribution is -2.15. The molecule has 0 unspecified atom stereocenters. The monoisotopic (exact) mass is 261 g/mol. The van der Waals surface area contributed by atoms with Crippen LogP contribution in [0.3, 0.4) is 0 Å². The first-order chi connectivity index (χ1) is 9.10. The molecule has 0 aliphatic rings. The Morgan fingerprint density at radius 3 is 2.53 bits per heavy atom. The second-order valence-corrected chi connectivity index (χ2v) is 3.70. The minimum Gasteiger partial charge on any atom is -0.497 e. The van der Waals surface area contributed by atoms with E-state index in [0.29, 0.717) is 23.5 Å². The molecule has 19 heavy (non-hydrogen) atoms. The van der Waals surface area contributed by atoms with E-state index in [9.17, 15) is 9.59 Å². The number of benzene rings is 1. The van der Waals surface area contributed by atoms with Gasteiger partial charge in [0.2, 0.25) is 11.8 Å². The summed E-state index contributed by atoms with van der Waals surface area (Å²) in [6, 6.07) is 6.65. The third-order valence-electron chi connectivity index (χ3n) is 2.34. The summed E-state index contributed by atoms with van der Waals surface area (Å²) in [4.78, 5) is 22.8. The van der Waals surface area contributed by atoms with E-state index in [4.69, 9.17) is 10.00 Å². The van der Waals surface area contributed by atoms with E-state index in [1.807, 2.05) is 0 Å². The van der Waals surface area contributed by atoms with E-state index < -0.39 is 5.91 Å². The third-order valence-corrected chi connectivity index (χ3v) is 2.34. The maximum atomic E-state index is 11.4. The van der Waals surface area contributed by atoms with Crippen molar-refractivity contribution in [2.45, 2.75) is 19.8 Å². The van der Waals surface area contributed by atoms with Gasteiger partial charge < -0.3 is 15.4 Å². The highest BCUT2D eigenvalue weighted by atomic mass is 16.5. The summed E-state index contributed by atoms with van der Waals surface area (Å²) < 4.78 is 5.05. The number of nitrogens with zero attached hydrogens (tertiary/aromatic N) is 1. The Labute approximate surface area is 111 Å². The van der Waals surface area contributed by atoms with Gasteiger partial charge in [-0.25, -0.2) is 0 Å². The molecule has 0 bridgehead atoms. The number of anilines is 2. The van der Waals surface area contributed by atoms with Crippen molar-refractivity contribution in [2.24, 2.45) is 0 Å². The lowest BCUT2D eigenvalue weighted by Gasteiger charge is -2.12. The molecular formula is C13H15N3O3. The zero-order valence-corrected chi connectivity index (χ0v) is 10.8. The number of ether oxygens (including phenoxy) is 1. The molecule has 6 heteroatoms. The van der Waals surface area contributed by atoms with E-state index >= 15 is 0 Å². The summed E-state index contributed by atoms with van der Waals surface area (Å²) in [6.45, 7) is 1.73. The first kappa shape index (κ1) is 14.5. The molecule has 100 valence electrons. The summed E-state index contributed by atoms with van der Waals surface area (Å²) in [7, 11) is 1.50. The summed E-state index contributed by atoms with van der Waals surface area (Å²) in [6.07, 6.45) is 0.0794. The van der Waals surface area contributed by atoms with E-state index in [2.05, 4.69) is 10.6 Å². The van der Waals surface area contributed by atoms with Crippen LogP contribution in [0.2, 0.25) is 0 Å². The highest BCUT2D eigenvalue weighted by molar-refractivity contribution is 6.00. The molecule has 0 spiro atoms. The zero-order chi connectivity index (χ0) is 14.3. The fourth-order valence-electron chi connectivity index (χ4n) is 1.37. The predicted molar refractivity (Wildman–Crippen MR) is 70.8 cm³/mol. The summed E-state index contributed by atoms with van der Waals surface area (Å²) in [5.74, 6) is -0.0644. The number of nitrogens with one attached hydrogen (secondary N) is 2. The normalized spacial score (nSPS) is 9.32. The van der Waals surface area contributed by atoms with Crippen molar-refractivity contribution < 1.29 is 14.3 Å². The first-order valence-electron chi connectivity index (χ1n) is 5.75. The Morgan fingerprint density at radius 2 is 1.95 bits per heavy atom. The molecule has 0 saturated heterocycles. The van der Waals surface area contributed by atoms with Crippen LogP contribution in [0.25, 0.3) is 0 Å². The van der Waals surface area contributed by atoms with Crippen LogP contribution in [-0.4, -0.2) is 18.9 Å². The lowest BCUT2D eigenvalue weighted by atomic mass is 10.2. The molecule has 2 amide bonds. The second kappa shape index (κ2) is 7.01. The molecule has 0 atom stereocenters. The van der Waals surface area contributed by atoms with Crippen molar-refractivity contribution in [2.75, 3.05) is 17.7 Å². The molecule has 6 nitrogen and oxygen atoms in total. The van der Waals surface area contributed by atoms with Gasteiger partial charge in [0, 0.05) is 12.5 Å². The van der Waals surface area contributed by atoms with Crippen molar-refractivity contribution in [3.63, 3.8) is 0 Å². The van der Waals surface area contributed by atoms with E-state index in [1.54, 1.807) is 31.2 Å². The number of methoxy groups -OCH3 is 1. The van der Waals surface area contributed by atoms with Gasteiger partial charge in [-0.2, -0.15) is 5.26 Å². The van der Waals surface area contributed by atoms with Crippen molar-refractivity contribution in [1.82, 2.24) is 0 Å². The van der Waals surface area contributed by atoms with Gasteiger partial charge in [-0.15, -0.1) is 0 Å². The van der Waals surface area contributed by atoms with Gasteiger partial charge in [0.05, 0.1) is 24.6 Å². The molecule has 0 fully saturated rings. The number of hydrogen-bond acceptors (Lipinski definition) is 4. The first-order valence-corrected chi connectivity index (χ1v) is 5.75. The third kappa shape index (κ3) is 4.32. The van der Waals surface area contributed by atoms with Crippen LogP contribution < -0.4 is 15.4 Å². The molecule has 0 aromatic heterocycles. The van der Waals surface area contributed by atoms with Crippen molar-refractivity contribution in [3.05, 3.63) is 18.2 Å². The van der Waals surface area contributed by atoms with Gasteiger partial charge in [0.25, 0.3) is 0 Å². The lowest BCUT2D eigenvalue weighted by molar-refractivity contribution is -0.116. The van der Waals surface area contributed by atoms with Gasteiger partial charge in [-0.05, 0) is 12.1 Å². The average molecular weight is 261 g/mol. The predicted octanol–water partition coefficient (Wildman–Crippen LogP) is 1.90. The van der Waals surface area contributed by atoms with Crippen LogP contribution >= 0.6 is 0 Å². The minimum atomic E-state index is -0.442.